The second kappa shape index (κ2) is 8.43. The zero-order valence-electron chi connectivity index (χ0n) is 13.7. The SMILES string of the molecule is C=CCN(C(C)c1ccccc1)C(c1ccccc1)C(O)C(=O)O. The summed E-state index contributed by atoms with van der Waals surface area (Å²) < 4.78 is 0. The standard InChI is InChI=1S/C20H23NO3/c1-3-14-21(15(2)16-10-6-4-7-11-16)18(19(22)20(23)24)17-12-8-5-9-13-17/h3-13,15,18-19,22H,1,14H2,2H3,(H,23,24). The fraction of sp³-hybridized carbons (Fsp3) is 0.250. The number of carboxylic acid groups (broad SMARTS) is 1. The van der Waals surface area contributed by atoms with Crippen molar-refractivity contribution in [2.24, 2.45) is 0 Å². The van der Waals surface area contributed by atoms with Crippen LogP contribution in [0.25, 0.3) is 0 Å². The summed E-state index contributed by atoms with van der Waals surface area (Å²) >= 11 is 0. The molecule has 0 aromatic heterocycles. The molecule has 24 heavy (non-hydrogen) atoms. The molecule has 0 spiro atoms. The number of carboxylic acids is 1. The highest BCUT2D eigenvalue weighted by molar-refractivity contribution is 5.73. The minimum atomic E-state index is -1.53. The van der Waals surface area contributed by atoms with E-state index in [1.807, 2.05) is 72.5 Å². The molecule has 3 unspecified atom stereocenters. The molecule has 2 rings (SSSR count). The molecule has 2 aromatic carbocycles. The van der Waals surface area contributed by atoms with Crippen LogP contribution in [0.4, 0.5) is 0 Å². The van der Waals surface area contributed by atoms with E-state index in [1.54, 1.807) is 6.08 Å². The second-order valence-corrected chi connectivity index (χ2v) is 5.71. The van der Waals surface area contributed by atoms with Crippen LogP contribution in [0.3, 0.4) is 0 Å². The Morgan fingerprint density at radius 2 is 1.58 bits per heavy atom. The Balaban J connectivity index is 2.45. The maximum absolute atomic E-state index is 11.5. The van der Waals surface area contributed by atoms with Crippen molar-refractivity contribution in [3.05, 3.63) is 84.4 Å². The Labute approximate surface area is 142 Å². The number of rotatable bonds is 8. The van der Waals surface area contributed by atoms with Crippen LogP contribution >= 0.6 is 0 Å². The van der Waals surface area contributed by atoms with E-state index in [-0.39, 0.29) is 6.04 Å². The van der Waals surface area contributed by atoms with Gasteiger partial charge in [-0.2, -0.15) is 0 Å². The molecule has 0 amide bonds. The highest BCUT2D eigenvalue weighted by Gasteiger charge is 2.34. The van der Waals surface area contributed by atoms with Crippen LogP contribution in [0.5, 0.6) is 0 Å². The fourth-order valence-corrected chi connectivity index (χ4v) is 2.93. The highest BCUT2D eigenvalue weighted by Crippen LogP contribution is 2.33. The molecule has 0 aliphatic rings. The van der Waals surface area contributed by atoms with Gasteiger partial charge in [0, 0.05) is 12.6 Å². The molecule has 126 valence electrons. The molecule has 4 heteroatoms. The smallest absolute Gasteiger partial charge is 0.334 e. The van der Waals surface area contributed by atoms with Gasteiger partial charge in [-0.15, -0.1) is 6.58 Å². The van der Waals surface area contributed by atoms with Gasteiger partial charge in [0.05, 0.1) is 6.04 Å². The van der Waals surface area contributed by atoms with Gasteiger partial charge in [0.15, 0.2) is 6.10 Å². The summed E-state index contributed by atoms with van der Waals surface area (Å²) in [6.45, 7) is 6.25. The monoisotopic (exact) mass is 325 g/mol. The zero-order chi connectivity index (χ0) is 17.5. The second-order valence-electron chi connectivity index (χ2n) is 5.71. The fourth-order valence-electron chi connectivity index (χ4n) is 2.93. The molecule has 2 N–H and O–H groups in total. The third-order valence-electron chi connectivity index (χ3n) is 4.17. The van der Waals surface area contributed by atoms with Gasteiger partial charge in [-0.25, -0.2) is 4.79 Å². The van der Waals surface area contributed by atoms with Crippen molar-refractivity contribution in [2.75, 3.05) is 6.54 Å². The quantitative estimate of drug-likeness (QED) is 0.730. The summed E-state index contributed by atoms with van der Waals surface area (Å²) in [7, 11) is 0. The topological polar surface area (TPSA) is 60.8 Å². The zero-order valence-corrected chi connectivity index (χ0v) is 13.7. The van der Waals surface area contributed by atoms with Gasteiger partial charge in [-0.3, -0.25) is 4.90 Å². The number of benzene rings is 2. The lowest BCUT2D eigenvalue weighted by Crippen LogP contribution is -2.42. The van der Waals surface area contributed by atoms with Crippen molar-refractivity contribution in [1.29, 1.82) is 0 Å². The Kier molecular flexibility index (Phi) is 6.29. The first-order chi connectivity index (χ1) is 11.6. The summed E-state index contributed by atoms with van der Waals surface area (Å²) in [5, 5.41) is 19.7. The minimum absolute atomic E-state index is 0.0802. The van der Waals surface area contributed by atoms with E-state index in [2.05, 4.69) is 6.58 Å². The van der Waals surface area contributed by atoms with Gasteiger partial charge in [-0.05, 0) is 18.1 Å². The molecular formula is C20H23NO3. The Morgan fingerprint density at radius 3 is 2.04 bits per heavy atom. The summed E-state index contributed by atoms with van der Waals surface area (Å²) in [5.74, 6) is -1.24. The van der Waals surface area contributed by atoms with E-state index in [4.69, 9.17) is 0 Å². The maximum Gasteiger partial charge on any atom is 0.334 e. The molecular weight excluding hydrogens is 302 g/mol. The molecule has 0 aliphatic heterocycles. The van der Waals surface area contributed by atoms with Crippen LogP contribution in [0, 0.1) is 0 Å². The van der Waals surface area contributed by atoms with Crippen LogP contribution < -0.4 is 0 Å². The number of aliphatic carboxylic acids is 1. The van der Waals surface area contributed by atoms with E-state index in [1.165, 1.54) is 0 Å². The first kappa shape index (κ1) is 17.9. The third kappa shape index (κ3) is 4.10. The molecule has 2 aromatic rings. The largest absolute Gasteiger partial charge is 0.479 e. The predicted molar refractivity (Wildman–Crippen MR) is 94.6 cm³/mol. The highest BCUT2D eigenvalue weighted by atomic mass is 16.4. The summed E-state index contributed by atoms with van der Waals surface area (Å²) in [5.41, 5.74) is 1.81. The van der Waals surface area contributed by atoms with Crippen molar-refractivity contribution >= 4 is 5.97 Å². The number of aliphatic hydroxyl groups is 1. The van der Waals surface area contributed by atoms with Crippen LogP contribution in [-0.4, -0.2) is 33.7 Å². The van der Waals surface area contributed by atoms with Gasteiger partial charge in [-0.1, -0.05) is 66.7 Å². The van der Waals surface area contributed by atoms with Crippen molar-refractivity contribution < 1.29 is 15.0 Å². The van der Waals surface area contributed by atoms with Gasteiger partial charge in [0.2, 0.25) is 0 Å². The minimum Gasteiger partial charge on any atom is -0.479 e. The maximum atomic E-state index is 11.5. The number of hydrogen-bond donors (Lipinski definition) is 2. The lowest BCUT2D eigenvalue weighted by atomic mass is 9.96. The number of hydrogen-bond acceptors (Lipinski definition) is 3. The van der Waals surface area contributed by atoms with Crippen molar-refractivity contribution in [2.45, 2.75) is 25.1 Å². The molecule has 0 saturated heterocycles. The molecule has 0 bridgehead atoms. The normalized spacial score (nSPS) is 14.8. The Hall–Kier alpha value is -2.43. The van der Waals surface area contributed by atoms with E-state index >= 15 is 0 Å². The van der Waals surface area contributed by atoms with Crippen LogP contribution in [-0.2, 0) is 4.79 Å². The Bertz CT molecular complexity index is 657. The van der Waals surface area contributed by atoms with Gasteiger partial charge in [0.1, 0.15) is 0 Å². The van der Waals surface area contributed by atoms with Gasteiger partial charge in [0.25, 0.3) is 0 Å². The lowest BCUT2D eigenvalue weighted by Gasteiger charge is -2.37. The lowest BCUT2D eigenvalue weighted by molar-refractivity contribution is -0.151. The van der Waals surface area contributed by atoms with Crippen molar-refractivity contribution in [3.63, 3.8) is 0 Å². The third-order valence-corrected chi connectivity index (χ3v) is 4.17. The Morgan fingerprint density at radius 1 is 1.08 bits per heavy atom. The van der Waals surface area contributed by atoms with E-state index < -0.39 is 18.1 Å². The average Bonchev–Trinajstić information content (AvgIpc) is 2.62. The summed E-state index contributed by atoms with van der Waals surface area (Å²) in [6, 6.07) is 18.3. The van der Waals surface area contributed by atoms with E-state index in [9.17, 15) is 15.0 Å². The van der Waals surface area contributed by atoms with Crippen LogP contribution in [0.2, 0.25) is 0 Å². The van der Waals surface area contributed by atoms with Crippen LogP contribution in [0.15, 0.2) is 73.3 Å². The molecule has 0 aliphatic carbocycles. The van der Waals surface area contributed by atoms with E-state index in [0.29, 0.717) is 6.54 Å². The summed E-state index contributed by atoms with van der Waals surface area (Å²) in [4.78, 5) is 13.4. The van der Waals surface area contributed by atoms with Gasteiger partial charge >= 0.3 is 5.97 Å². The average molecular weight is 325 g/mol. The van der Waals surface area contributed by atoms with E-state index in [0.717, 1.165) is 11.1 Å². The van der Waals surface area contributed by atoms with Gasteiger partial charge < -0.3 is 10.2 Å². The van der Waals surface area contributed by atoms with Crippen molar-refractivity contribution in [1.82, 2.24) is 4.90 Å². The number of nitrogens with zero attached hydrogens (tertiary/aromatic N) is 1. The molecule has 3 atom stereocenters. The summed E-state index contributed by atoms with van der Waals surface area (Å²) in [6.07, 6.45) is 0.197. The first-order valence-corrected chi connectivity index (χ1v) is 7.93. The van der Waals surface area contributed by atoms with Crippen LogP contribution in [0.1, 0.15) is 30.1 Å². The van der Waals surface area contributed by atoms with Crippen molar-refractivity contribution in [3.8, 4) is 0 Å². The molecule has 4 nitrogen and oxygen atoms in total. The molecule has 0 radical (unpaired) electrons. The molecule has 0 fully saturated rings. The molecule has 0 saturated carbocycles. The number of carbonyl (C=O) groups is 1. The number of aliphatic hydroxyl groups excluding tert-OH is 1. The predicted octanol–water partition coefficient (Wildman–Crippen LogP) is 3.42. The molecule has 0 heterocycles. The first-order valence-electron chi connectivity index (χ1n) is 7.93.